The molecule has 0 spiro atoms. The van der Waals surface area contributed by atoms with Gasteiger partial charge in [-0.25, -0.2) is 4.98 Å². The van der Waals surface area contributed by atoms with Crippen LogP contribution in [0.15, 0.2) is 18.2 Å². The van der Waals surface area contributed by atoms with Gasteiger partial charge in [-0.3, -0.25) is 0 Å². The summed E-state index contributed by atoms with van der Waals surface area (Å²) in [4.78, 5) is 4.61. The van der Waals surface area contributed by atoms with Gasteiger partial charge in [-0.05, 0) is 30.5 Å². The average molecular weight is 313 g/mol. The third-order valence-corrected chi connectivity index (χ3v) is 4.37. The van der Waals surface area contributed by atoms with E-state index in [1.165, 1.54) is 25.7 Å². The Morgan fingerprint density at radius 1 is 1.30 bits per heavy atom. The fourth-order valence-corrected chi connectivity index (χ4v) is 3.00. The normalized spacial score (nSPS) is 13.0. The van der Waals surface area contributed by atoms with Crippen molar-refractivity contribution in [3.05, 3.63) is 29.0 Å². The molecule has 2 aromatic rings. The number of aromatic nitrogens is 2. The maximum absolute atomic E-state index is 6.12. The van der Waals surface area contributed by atoms with Crippen LogP contribution in [0.4, 0.5) is 0 Å². The molecule has 0 saturated carbocycles. The van der Waals surface area contributed by atoms with Gasteiger partial charge in [0.1, 0.15) is 5.82 Å². The van der Waals surface area contributed by atoms with Gasteiger partial charge >= 0.3 is 0 Å². The Balaban J connectivity index is 2.33. The molecule has 2 nitrogen and oxygen atoms in total. The van der Waals surface area contributed by atoms with Gasteiger partial charge < -0.3 is 4.57 Å². The molecule has 0 radical (unpaired) electrons. The molecule has 1 heterocycles. The molecule has 0 bridgehead atoms. The van der Waals surface area contributed by atoms with Crippen molar-refractivity contribution in [1.29, 1.82) is 0 Å². The number of fused-ring (bicyclic) bond motifs is 1. The number of hydrogen-bond acceptors (Lipinski definition) is 1. The van der Waals surface area contributed by atoms with Crippen LogP contribution in [0, 0.1) is 5.92 Å². The molecule has 0 amide bonds. The molecule has 1 unspecified atom stereocenters. The van der Waals surface area contributed by atoms with E-state index in [0.29, 0.717) is 11.8 Å². The van der Waals surface area contributed by atoms with Crippen LogP contribution >= 0.6 is 23.2 Å². The number of alkyl halides is 1. The highest BCUT2D eigenvalue weighted by molar-refractivity contribution is 6.31. The van der Waals surface area contributed by atoms with E-state index in [0.717, 1.165) is 28.4 Å². The van der Waals surface area contributed by atoms with E-state index in [9.17, 15) is 0 Å². The summed E-state index contributed by atoms with van der Waals surface area (Å²) in [7, 11) is 0. The lowest BCUT2D eigenvalue weighted by Crippen LogP contribution is -2.12. The van der Waals surface area contributed by atoms with E-state index < -0.39 is 0 Å². The highest BCUT2D eigenvalue weighted by atomic mass is 35.5. The summed E-state index contributed by atoms with van der Waals surface area (Å²) in [6.45, 7) is 5.48. The molecule has 4 heteroatoms. The molecule has 2 rings (SSSR count). The minimum Gasteiger partial charge on any atom is -0.327 e. The molecule has 20 heavy (non-hydrogen) atoms. The SMILES string of the molecule is CCCCC(CC)Cn1c(CCl)nc2ccc(Cl)cc21. The first-order valence-electron chi connectivity index (χ1n) is 7.40. The van der Waals surface area contributed by atoms with Crippen LogP contribution in [0.25, 0.3) is 11.0 Å². The van der Waals surface area contributed by atoms with Crippen molar-refractivity contribution in [3.63, 3.8) is 0 Å². The van der Waals surface area contributed by atoms with Gasteiger partial charge in [-0.2, -0.15) is 0 Å². The molecule has 0 N–H and O–H groups in total. The van der Waals surface area contributed by atoms with Crippen molar-refractivity contribution < 1.29 is 0 Å². The Morgan fingerprint density at radius 2 is 2.10 bits per heavy atom. The summed E-state index contributed by atoms with van der Waals surface area (Å²) in [6, 6.07) is 5.84. The van der Waals surface area contributed by atoms with Crippen LogP contribution in [0.2, 0.25) is 5.02 Å². The van der Waals surface area contributed by atoms with Gasteiger partial charge in [0.2, 0.25) is 0 Å². The first kappa shape index (κ1) is 15.7. The smallest absolute Gasteiger partial charge is 0.124 e. The zero-order chi connectivity index (χ0) is 14.5. The lowest BCUT2D eigenvalue weighted by molar-refractivity contribution is 0.391. The lowest BCUT2D eigenvalue weighted by Gasteiger charge is -2.17. The van der Waals surface area contributed by atoms with Crippen molar-refractivity contribution in [2.75, 3.05) is 0 Å². The molecule has 0 aliphatic rings. The van der Waals surface area contributed by atoms with Crippen LogP contribution in [-0.4, -0.2) is 9.55 Å². The fourth-order valence-electron chi connectivity index (χ4n) is 2.63. The summed E-state index contributed by atoms with van der Waals surface area (Å²) in [5.74, 6) is 2.06. The predicted molar refractivity (Wildman–Crippen MR) is 87.6 cm³/mol. The molecule has 110 valence electrons. The number of imidazole rings is 1. The third-order valence-electron chi connectivity index (χ3n) is 3.89. The summed E-state index contributed by atoms with van der Waals surface area (Å²) in [5.41, 5.74) is 2.08. The van der Waals surface area contributed by atoms with Gasteiger partial charge in [0.05, 0.1) is 16.9 Å². The van der Waals surface area contributed by atoms with E-state index in [4.69, 9.17) is 23.2 Å². The molecule has 0 aliphatic carbocycles. The highest BCUT2D eigenvalue weighted by Crippen LogP contribution is 2.25. The average Bonchev–Trinajstić information content (AvgIpc) is 2.80. The number of benzene rings is 1. The third kappa shape index (κ3) is 3.48. The number of unbranched alkanes of at least 4 members (excludes halogenated alkanes) is 1. The number of rotatable bonds is 7. The van der Waals surface area contributed by atoms with Crippen LogP contribution in [-0.2, 0) is 12.4 Å². The molecule has 0 saturated heterocycles. The highest BCUT2D eigenvalue weighted by Gasteiger charge is 2.14. The quantitative estimate of drug-likeness (QED) is 0.604. The Bertz CT molecular complexity index is 563. The van der Waals surface area contributed by atoms with Crippen molar-refractivity contribution in [2.24, 2.45) is 5.92 Å². The minimum atomic E-state index is 0.441. The Morgan fingerprint density at radius 3 is 2.75 bits per heavy atom. The Labute approximate surface area is 131 Å². The first-order valence-corrected chi connectivity index (χ1v) is 8.31. The second kappa shape index (κ2) is 7.33. The Kier molecular flexibility index (Phi) is 5.74. The zero-order valence-corrected chi connectivity index (χ0v) is 13.7. The number of nitrogens with zero attached hydrogens (tertiary/aromatic N) is 2. The number of hydrogen-bond donors (Lipinski definition) is 0. The summed E-state index contributed by atoms with van der Waals surface area (Å²) < 4.78 is 2.25. The van der Waals surface area contributed by atoms with Gasteiger partial charge in [0.15, 0.2) is 0 Å². The predicted octanol–water partition coefficient (Wildman–Crippen LogP) is 5.64. The van der Waals surface area contributed by atoms with Crippen LogP contribution < -0.4 is 0 Å². The van der Waals surface area contributed by atoms with Crippen molar-refractivity contribution in [2.45, 2.75) is 52.0 Å². The fraction of sp³-hybridized carbons (Fsp3) is 0.562. The lowest BCUT2D eigenvalue weighted by atomic mass is 9.99. The second-order valence-corrected chi connectivity index (χ2v) is 6.03. The van der Waals surface area contributed by atoms with E-state index in [1.807, 2.05) is 18.2 Å². The summed E-state index contributed by atoms with van der Waals surface area (Å²) in [5, 5.41) is 0.751. The van der Waals surface area contributed by atoms with E-state index in [-0.39, 0.29) is 0 Å². The van der Waals surface area contributed by atoms with Crippen LogP contribution in [0.5, 0.6) is 0 Å². The second-order valence-electron chi connectivity index (χ2n) is 5.32. The maximum atomic E-state index is 6.12. The molecular formula is C16H22Cl2N2. The summed E-state index contributed by atoms with van der Waals surface area (Å²) >= 11 is 12.2. The first-order chi connectivity index (χ1) is 9.69. The van der Waals surface area contributed by atoms with E-state index in [2.05, 4.69) is 23.4 Å². The molecular weight excluding hydrogens is 291 g/mol. The van der Waals surface area contributed by atoms with Gasteiger partial charge in [-0.1, -0.05) is 44.7 Å². The zero-order valence-electron chi connectivity index (χ0n) is 12.2. The van der Waals surface area contributed by atoms with Crippen molar-refractivity contribution in [1.82, 2.24) is 9.55 Å². The molecule has 1 atom stereocenters. The van der Waals surface area contributed by atoms with Crippen molar-refractivity contribution in [3.8, 4) is 0 Å². The topological polar surface area (TPSA) is 17.8 Å². The number of halogens is 2. The largest absolute Gasteiger partial charge is 0.327 e. The Hall–Kier alpha value is -0.730. The van der Waals surface area contributed by atoms with Crippen LogP contribution in [0.3, 0.4) is 0 Å². The maximum Gasteiger partial charge on any atom is 0.124 e. The van der Waals surface area contributed by atoms with E-state index >= 15 is 0 Å². The molecule has 1 aromatic heterocycles. The molecule has 0 aliphatic heterocycles. The van der Waals surface area contributed by atoms with Crippen LogP contribution in [0.1, 0.15) is 45.4 Å². The van der Waals surface area contributed by atoms with Gasteiger partial charge in [0.25, 0.3) is 0 Å². The minimum absolute atomic E-state index is 0.441. The molecule has 1 aromatic carbocycles. The molecule has 0 fully saturated rings. The summed E-state index contributed by atoms with van der Waals surface area (Å²) in [6.07, 6.45) is 4.97. The standard InChI is InChI=1S/C16H22Cl2N2/c1-3-5-6-12(4-2)11-20-15-9-13(18)7-8-14(15)19-16(20)10-17/h7-9,12H,3-6,10-11H2,1-2H3. The van der Waals surface area contributed by atoms with Crippen molar-refractivity contribution >= 4 is 34.2 Å². The van der Waals surface area contributed by atoms with Gasteiger partial charge in [-0.15, -0.1) is 11.6 Å². The monoisotopic (exact) mass is 312 g/mol. The van der Waals surface area contributed by atoms with Gasteiger partial charge in [0, 0.05) is 11.6 Å². The van der Waals surface area contributed by atoms with E-state index in [1.54, 1.807) is 0 Å².